The molecule has 1 heterocycles. The van der Waals surface area contributed by atoms with E-state index in [4.69, 9.17) is 9.97 Å². The smallest absolute Gasteiger partial charge is 0.132 e. The van der Waals surface area contributed by atoms with E-state index >= 15 is 0 Å². The summed E-state index contributed by atoms with van der Waals surface area (Å²) in [7, 11) is 0. The minimum absolute atomic E-state index is 0.405. The maximum absolute atomic E-state index is 4.69. The molecule has 1 saturated carbocycles. The Morgan fingerprint density at radius 3 is 2.18 bits per heavy atom. The van der Waals surface area contributed by atoms with Crippen LogP contribution in [0.25, 0.3) is 0 Å². The zero-order chi connectivity index (χ0) is 12.6. The van der Waals surface area contributed by atoms with Gasteiger partial charge in [-0.2, -0.15) is 0 Å². The minimum atomic E-state index is 0.405. The van der Waals surface area contributed by atoms with Crippen molar-refractivity contribution in [3.05, 3.63) is 22.8 Å². The number of rotatable bonds is 4. The van der Waals surface area contributed by atoms with Gasteiger partial charge in [-0.25, -0.2) is 9.97 Å². The van der Waals surface area contributed by atoms with Gasteiger partial charge >= 0.3 is 0 Å². The van der Waals surface area contributed by atoms with Crippen LogP contribution in [0.15, 0.2) is 0 Å². The van der Waals surface area contributed by atoms with E-state index < -0.39 is 0 Å². The minimum Gasteiger partial charge on any atom is -0.313 e. The summed E-state index contributed by atoms with van der Waals surface area (Å²) in [6, 6.07) is 0. The van der Waals surface area contributed by atoms with Crippen LogP contribution in [0.3, 0.4) is 0 Å². The monoisotopic (exact) mass is 233 g/mol. The molecular formula is C14H23N3. The summed E-state index contributed by atoms with van der Waals surface area (Å²) in [5.74, 6) is 1.61. The Kier molecular flexibility index (Phi) is 3.21. The van der Waals surface area contributed by atoms with Crippen LogP contribution in [0.5, 0.6) is 0 Å². The summed E-state index contributed by atoms with van der Waals surface area (Å²) in [4.78, 5) is 9.39. The lowest BCUT2D eigenvalue weighted by molar-refractivity contribution is 0.604. The van der Waals surface area contributed by atoms with Crippen LogP contribution >= 0.6 is 0 Å². The Labute approximate surface area is 104 Å². The van der Waals surface area contributed by atoms with Crippen molar-refractivity contribution in [1.82, 2.24) is 15.3 Å². The van der Waals surface area contributed by atoms with Gasteiger partial charge in [0.1, 0.15) is 5.82 Å². The maximum atomic E-state index is 4.69. The maximum Gasteiger partial charge on any atom is 0.132 e. The first-order valence-electron chi connectivity index (χ1n) is 6.50. The van der Waals surface area contributed by atoms with Gasteiger partial charge in [0.05, 0.1) is 0 Å². The van der Waals surface area contributed by atoms with Crippen molar-refractivity contribution in [2.24, 2.45) is 5.41 Å². The van der Waals surface area contributed by atoms with E-state index in [1.165, 1.54) is 12.0 Å². The molecule has 1 aromatic rings. The highest BCUT2D eigenvalue weighted by Crippen LogP contribution is 2.57. The van der Waals surface area contributed by atoms with Crippen molar-refractivity contribution < 1.29 is 0 Å². The van der Waals surface area contributed by atoms with Crippen molar-refractivity contribution in [1.29, 1.82) is 0 Å². The summed E-state index contributed by atoms with van der Waals surface area (Å²) >= 11 is 0. The fourth-order valence-electron chi connectivity index (χ4n) is 2.34. The second kappa shape index (κ2) is 4.37. The summed E-state index contributed by atoms with van der Waals surface area (Å²) in [6.45, 7) is 12.8. The average Bonchev–Trinajstić information content (AvgIpc) is 2.86. The van der Waals surface area contributed by atoms with Gasteiger partial charge < -0.3 is 5.32 Å². The van der Waals surface area contributed by atoms with Gasteiger partial charge in [0.15, 0.2) is 0 Å². The van der Waals surface area contributed by atoms with E-state index in [9.17, 15) is 0 Å². The molecule has 1 aliphatic rings. The van der Waals surface area contributed by atoms with Gasteiger partial charge in [0.2, 0.25) is 0 Å². The van der Waals surface area contributed by atoms with Crippen molar-refractivity contribution in [3.63, 3.8) is 0 Å². The van der Waals surface area contributed by atoms with Crippen LogP contribution in [-0.4, -0.2) is 16.5 Å². The molecule has 1 atom stereocenters. The molecule has 2 rings (SSSR count). The molecule has 3 heteroatoms. The fourth-order valence-corrected chi connectivity index (χ4v) is 2.34. The highest BCUT2D eigenvalue weighted by molar-refractivity contribution is 5.27. The summed E-state index contributed by atoms with van der Waals surface area (Å²) in [5, 5.41) is 3.35. The largest absolute Gasteiger partial charge is 0.313 e. The van der Waals surface area contributed by atoms with E-state index in [1.54, 1.807) is 0 Å². The molecule has 1 fully saturated rings. The molecular weight excluding hydrogens is 210 g/mol. The number of hydrogen-bond donors (Lipinski definition) is 1. The Hall–Kier alpha value is -0.960. The zero-order valence-electron chi connectivity index (χ0n) is 11.6. The molecule has 1 N–H and O–H groups in total. The van der Waals surface area contributed by atoms with Crippen LogP contribution in [-0.2, 0) is 6.54 Å². The highest BCUT2D eigenvalue weighted by atomic mass is 14.9. The van der Waals surface area contributed by atoms with Crippen LogP contribution in [0.1, 0.15) is 55.9 Å². The standard InChI is InChI=1S/C14H23N3/c1-6-15-8-11-9(2)16-13(17-10(11)3)12-7-14(12,4)5/h12,15H,6-8H2,1-5H3. The number of nitrogens with zero attached hydrogens (tertiary/aromatic N) is 2. The Morgan fingerprint density at radius 2 is 1.76 bits per heavy atom. The third-order valence-corrected chi connectivity index (χ3v) is 3.81. The normalized spacial score (nSPS) is 21.6. The summed E-state index contributed by atoms with van der Waals surface area (Å²) in [5.41, 5.74) is 3.93. The molecule has 3 nitrogen and oxygen atoms in total. The predicted molar refractivity (Wildman–Crippen MR) is 70.0 cm³/mol. The van der Waals surface area contributed by atoms with Crippen LogP contribution < -0.4 is 5.32 Å². The fraction of sp³-hybridized carbons (Fsp3) is 0.714. The zero-order valence-corrected chi connectivity index (χ0v) is 11.6. The SMILES string of the molecule is CCNCc1c(C)nc(C2CC2(C)C)nc1C. The number of aryl methyl sites for hydroxylation is 2. The van der Waals surface area contributed by atoms with Crippen LogP contribution in [0.4, 0.5) is 0 Å². The molecule has 0 amide bonds. The van der Waals surface area contributed by atoms with Gasteiger partial charge in [-0.15, -0.1) is 0 Å². The second-order valence-electron chi connectivity index (χ2n) is 5.76. The molecule has 0 aromatic carbocycles. The van der Waals surface area contributed by atoms with Crippen molar-refractivity contribution in [2.45, 2.75) is 53.5 Å². The molecule has 1 aromatic heterocycles. The van der Waals surface area contributed by atoms with Gasteiger partial charge in [0, 0.05) is 29.4 Å². The van der Waals surface area contributed by atoms with Crippen molar-refractivity contribution in [2.75, 3.05) is 6.54 Å². The molecule has 94 valence electrons. The van der Waals surface area contributed by atoms with E-state index in [0.29, 0.717) is 11.3 Å². The van der Waals surface area contributed by atoms with Gasteiger partial charge in [-0.1, -0.05) is 20.8 Å². The Bertz CT molecular complexity index is 400. The molecule has 1 aliphatic carbocycles. The van der Waals surface area contributed by atoms with Crippen molar-refractivity contribution in [3.8, 4) is 0 Å². The molecule has 0 aliphatic heterocycles. The number of aromatic nitrogens is 2. The summed E-state index contributed by atoms with van der Waals surface area (Å²) in [6.07, 6.45) is 1.22. The lowest BCUT2D eigenvalue weighted by Crippen LogP contribution is -2.16. The van der Waals surface area contributed by atoms with Crippen molar-refractivity contribution >= 4 is 0 Å². The lowest BCUT2D eigenvalue weighted by atomic mass is 10.1. The van der Waals surface area contributed by atoms with Crippen LogP contribution in [0, 0.1) is 19.3 Å². The van der Waals surface area contributed by atoms with E-state index in [1.807, 2.05) is 0 Å². The second-order valence-corrected chi connectivity index (χ2v) is 5.76. The predicted octanol–water partition coefficient (Wildman–Crippen LogP) is 2.72. The quantitative estimate of drug-likeness (QED) is 0.869. The topological polar surface area (TPSA) is 37.8 Å². The molecule has 17 heavy (non-hydrogen) atoms. The first kappa shape index (κ1) is 12.5. The Balaban J connectivity index is 2.23. The van der Waals surface area contributed by atoms with Crippen LogP contribution in [0.2, 0.25) is 0 Å². The third-order valence-electron chi connectivity index (χ3n) is 3.81. The molecule has 0 radical (unpaired) electrons. The van der Waals surface area contributed by atoms with E-state index in [-0.39, 0.29) is 0 Å². The Morgan fingerprint density at radius 1 is 1.24 bits per heavy atom. The number of nitrogens with one attached hydrogen (secondary N) is 1. The molecule has 0 bridgehead atoms. The lowest BCUT2D eigenvalue weighted by Gasteiger charge is -2.11. The number of hydrogen-bond acceptors (Lipinski definition) is 3. The van der Waals surface area contributed by atoms with Gasteiger partial charge in [-0.3, -0.25) is 0 Å². The first-order valence-corrected chi connectivity index (χ1v) is 6.50. The summed E-state index contributed by atoms with van der Waals surface area (Å²) < 4.78 is 0. The molecule has 0 spiro atoms. The molecule has 0 saturated heterocycles. The highest BCUT2D eigenvalue weighted by Gasteiger charge is 2.48. The van der Waals surface area contributed by atoms with E-state index in [2.05, 4.69) is 39.9 Å². The third kappa shape index (κ3) is 2.49. The average molecular weight is 233 g/mol. The van der Waals surface area contributed by atoms with Gasteiger partial charge in [0.25, 0.3) is 0 Å². The molecule has 1 unspecified atom stereocenters. The van der Waals surface area contributed by atoms with E-state index in [0.717, 1.165) is 30.3 Å². The first-order chi connectivity index (χ1) is 7.95. The van der Waals surface area contributed by atoms with Gasteiger partial charge in [-0.05, 0) is 32.2 Å².